The Labute approximate surface area is 442 Å². The number of esters is 2. The fourth-order valence-electron chi connectivity index (χ4n) is 9.57. The van der Waals surface area contributed by atoms with Crippen LogP contribution in [0.3, 0.4) is 0 Å². The average molecular weight is 1060 g/mol. The molecule has 0 saturated carbocycles. The highest BCUT2D eigenvalue weighted by Crippen LogP contribution is 2.40. The Kier molecular flexibility index (Phi) is 21.9. The van der Waals surface area contributed by atoms with Crippen LogP contribution < -0.4 is 22.1 Å². The fraction of sp³-hybridized carbons (Fsp3) is 0.483. The summed E-state index contributed by atoms with van der Waals surface area (Å²) in [6, 6.07) is 24.8. The number of fused-ring (bicyclic) bond motifs is 2. The molecule has 4 aromatic rings. The van der Waals surface area contributed by atoms with Crippen molar-refractivity contribution >= 4 is 35.3 Å². The third kappa shape index (κ3) is 15.0. The van der Waals surface area contributed by atoms with Crippen LogP contribution in [0.4, 0.5) is 8.78 Å². The van der Waals surface area contributed by atoms with Gasteiger partial charge in [-0.05, 0) is 59.8 Å². The van der Waals surface area contributed by atoms with E-state index in [0.717, 1.165) is 11.1 Å². The minimum Gasteiger partial charge on any atom is -0.465 e. The molecular formula is C58H72F2N4O12. The number of hydrogen-bond acceptors (Lipinski definition) is 14. The van der Waals surface area contributed by atoms with Crippen molar-refractivity contribution in [3.8, 4) is 0 Å². The number of nitrogens with two attached hydrogens (primary N) is 2. The van der Waals surface area contributed by atoms with Crippen molar-refractivity contribution in [1.29, 1.82) is 0 Å². The van der Waals surface area contributed by atoms with E-state index in [1.165, 1.54) is 48.5 Å². The molecule has 2 unspecified atom stereocenters. The first-order chi connectivity index (χ1) is 36.4. The second-order valence-corrected chi connectivity index (χ2v) is 19.8. The van der Waals surface area contributed by atoms with Crippen molar-refractivity contribution in [1.82, 2.24) is 10.6 Å². The van der Waals surface area contributed by atoms with E-state index in [-0.39, 0.29) is 86.3 Å². The van der Waals surface area contributed by atoms with E-state index in [9.17, 15) is 39.0 Å². The smallest absolute Gasteiger partial charge is 0.323 e. The Hall–Kier alpha value is -6.28. The van der Waals surface area contributed by atoms with Crippen molar-refractivity contribution in [2.45, 2.75) is 140 Å². The maximum Gasteiger partial charge on any atom is 0.323 e. The zero-order valence-electron chi connectivity index (χ0n) is 43.4. The van der Waals surface area contributed by atoms with Gasteiger partial charge >= 0.3 is 11.9 Å². The molecule has 410 valence electrons. The third-order valence-electron chi connectivity index (χ3n) is 14.7. The van der Waals surface area contributed by atoms with E-state index in [0.29, 0.717) is 24.0 Å². The lowest BCUT2D eigenvalue weighted by molar-refractivity contribution is -0.200. The largest absolute Gasteiger partial charge is 0.465 e. The predicted octanol–water partition coefficient (Wildman–Crippen LogP) is 6.41. The molecule has 8 N–H and O–H groups in total. The van der Waals surface area contributed by atoms with Gasteiger partial charge in [-0.3, -0.25) is 28.8 Å². The van der Waals surface area contributed by atoms with Crippen molar-refractivity contribution in [3.63, 3.8) is 0 Å². The number of alkyl halides is 2. The average Bonchev–Trinajstić information content (AvgIpc) is 4.00. The van der Waals surface area contributed by atoms with Gasteiger partial charge < -0.3 is 51.3 Å². The van der Waals surface area contributed by atoms with Crippen LogP contribution in [0.15, 0.2) is 109 Å². The van der Waals surface area contributed by atoms with Crippen molar-refractivity contribution in [2.75, 3.05) is 13.2 Å². The molecule has 2 aliphatic carbocycles. The first kappa shape index (κ1) is 59.0. The number of carbonyl (C=O) groups excluding carboxylic acids is 6. The van der Waals surface area contributed by atoms with Crippen LogP contribution in [0.2, 0.25) is 0 Å². The van der Waals surface area contributed by atoms with Crippen LogP contribution in [0.1, 0.15) is 124 Å². The Bertz CT molecular complexity index is 2400. The summed E-state index contributed by atoms with van der Waals surface area (Å²) in [5, 5.41) is 29.8. The maximum absolute atomic E-state index is 16.3. The number of halogens is 2. The van der Waals surface area contributed by atoms with Crippen LogP contribution in [-0.4, -0.2) is 95.2 Å². The van der Waals surface area contributed by atoms with Gasteiger partial charge in [0, 0.05) is 35.8 Å². The number of ketones is 2. The Morgan fingerprint density at radius 3 is 1.26 bits per heavy atom. The van der Waals surface area contributed by atoms with Crippen LogP contribution in [-0.2, 0) is 60.6 Å². The Balaban J connectivity index is 1.26. The number of aliphatic hydroxyl groups is 2. The molecule has 0 fully saturated rings. The van der Waals surface area contributed by atoms with Gasteiger partial charge in [-0.25, -0.2) is 8.78 Å². The number of nitrogens with one attached hydrogen (secondary N) is 2. The van der Waals surface area contributed by atoms with E-state index in [4.69, 9.17) is 30.4 Å². The molecule has 14 atom stereocenters. The first-order valence-corrected chi connectivity index (χ1v) is 26.2. The second kappa shape index (κ2) is 28.2. The molecule has 18 heteroatoms. The van der Waals surface area contributed by atoms with Gasteiger partial charge in [0.2, 0.25) is 12.7 Å². The molecule has 0 heterocycles. The van der Waals surface area contributed by atoms with E-state index in [1.54, 1.807) is 60.7 Å². The fourth-order valence-corrected chi connectivity index (χ4v) is 9.57. The van der Waals surface area contributed by atoms with Gasteiger partial charge in [-0.1, -0.05) is 150 Å². The lowest BCUT2D eigenvalue weighted by atomic mass is 9.92. The summed E-state index contributed by atoms with van der Waals surface area (Å²) in [5.41, 5.74) is 14.4. The van der Waals surface area contributed by atoms with Gasteiger partial charge in [0.25, 0.3) is 11.8 Å². The molecule has 0 aromatic heterocycles. The molecule has 0 spiro atoms. The highest BCUT2D eigenvalue weighted by Gasteiger charge is 2.47. The van der Waals surface area contributed by atoms with Crippen LogP contribution >= 0.6 is 0 Å². The van der Waals surface area contributed by atoms with Gasteiger partial charge in [0.15, 0.2) is 12.2 Å². The monoisotopic (exact) mass is 1050 g/mol. The molecular weight excluding hydrogens is 983 g/mol. The van der Waals surface area contributed by atoms with Gasteiger partial charge in [0.05, 0.1) is 25.3 Å². The van der Waals surface area contributed by atoms with Crippen molar-refractivity contribution < 1.29 is 66.7 Å². The summed E-state index contributed by atoms with van der Waals surface area (Å²) in [6.07, 6.45) is -12.6. The van der Waals surface area contributed by atoms with E-state index < -0.39 is 96.9 Å². The highest BCUT2D eigenvalue weighted by atomic mass is 19.1. The molecule has 76 heavy (non-hydrogen) atoms. The number of benzene rings is 4. The van der Waals surface area contributed by atoms with Crippen molar-refractivity contribution in [3.05, 3.63) is 143 Å². The zero-order chi connectivity index (χ0) is 55.1. The standard InChI is InChI=1S/C58H72F2N4O12/c1-5-33(3)45(61)57(71)73-29-17-27-43(65)41-31-37-23-13-15-25-39(37)47(41)63-55(69)51(75-53(59)35-19-9-7-10-20-35)49(67)50(68)52(76-54(60)36-21-11-8-12-22-36)56(70)64-48-40-26-16-14-24-38(40)32-42(48)44(66)28-18-30-74-58(72)46(62)34(4)6-2/h7-16,19-26,33-34,41-42,45-54,67-68H,5-6,17-18,27-32,61-62H2,1-4H3,(H,63,69)(H,64,70)/t33-,34-,41-,42-,45-,46-,47+,48+,49+,50+,51+,52+,53?,54?/m0/s1. The molecule has 2 amide bonds. The first-order valence-electron chi connectivity index (χ1n) is 26.2. The second-order valence-electron chi connectivity index (χ2n) is 19.8. The lowest BCUT2D eigenvalue weighted by Gasteiger charge is -2.33. The summed E-state index contributed by atoms with van der Waals surface area (Å²) in [6.45, 7) is 7.30. The summed E-state index contributed by atoms with van der Waals surface area (Å²) >= 11 is 0. The van der Waals surface area contributed by atoms with E-state index in [1.807, 2.05) is 27.7 Å². The summed E-state index contributed by atoms with van der Waals surface area (Å²) < 4.78 is 54.6. The molecule has 0 saturated heterocycles. The van der Waals surface area contributed by atoms with Gasteiger partial charge in [-0.15, -0.1) is 0 Å². The van der Waals surface area contributed by atoms with Gasteiger partial charge in [0.1, 0.15) is 35.9 Å². The molecule has 0 radical (unpaired) electrons. The number of Topliss-reactive ketones (excluding diaryl/α,β-unsaturated/α-hetero) is 2. The molecule has 2 aliphatic rings. The minimum atomic E-state index is -2.52. The zero-order valence-corrected chi connectivity index (χ0v) is 43.4. The van der Waals surface area contributed by atoms with E-state index in [2.05, 4.69) is 10.6 Å². The van der Waals surface area contributed by atoms with E-state index >= 15 is 8.78 Å². The third-order valence-corrected chi connectivity index (χ3v) is 14.7. The molecule has 4 aromatic carbocycles. The Morgan fingerprint density at radius 2 is 0.908 bits per heavy atom. The predicted molar refractivity (Wildman–Crippen MR) is 277 cm³/mol. The summed E-state index contributed by atoms with van der Waals surface area (Å²) in [7, 11) is 0. The number of carbonyl (C=O) groups is 6. The number of hydrogen-bond donors (Lipinski definition) is 6. The molecule has 0 aliphatic heterocycles. The SMILES string of the molecule is CC[C@H](C)[C@H](N)C(=O)OCCCC(=O)[C@@H]1Cc2ccccc2[C@H]1NC(=O)[C@H](OC(F)c1ccccc1)[C@H](O)[C@@H](O)[C@@H](OC(F)c1ccccc1)C(=O)N[C@@H]1c2ccccc2C[C@H]1C(=O)CCCOC(=O)[C@@H](N)[C@@H](C)CC. The molecule has 16 nitrogen and oxygen atoms in total. The Morgan fingerprint density at radius 1 is 0.566 bits per heavy atom. The van der Waals surface area contributed by atoms with Gasteiger partial charge in [-0.2, -0.15) is 0 Å². The number of ether oxygens (including phenoxy) is 4. The summed E-state index contributed by atoms with van der Waals surface area (Å²) in [5.74, 6) is -6.16. The summed E-state index contributed by atoms with van der Waals surface area (Å²) in [4.78, 5) is 82.4. The van der Waals surface area contributed by atoms with Crippen LogP contribution in [0.5, 0.6) is 0 Å². The quantitative estimate of drug-likeness (QED) is 0.0254. The number of amides is 2. The number of aliphatic hydroxyl groups excluding tert-OH is 2. The minimum absolute atomic E-state index is 0.0559. The maximum atomic E-state index is 16.3. The lowest BCUT2D eigenvalue weighted by Crippen LogP contribution is -2.57. The molecule has 0 bridgehead atoms. The normalized spacial score (nSPS) is 20.7. The van der Waals surface area contributed by atoms with Crippen molar-refractivity contribution in [2.24, 2.45) is 35.1 Å². The van der Waals surface area contributed by atoms with Crippen LogP contribution in [0.25, 0.3) is 0 Å². The topological polar surface area (TPSA) is 256 Å². The number of rotatable bonds is 29. The molecule has 6 rings (SSSR count). The van der Waals surface area contributed by atoms with Crippen LogP contribution in [0, 0.1) is 23.7 Å². The highest BCUT2D eigenvalue weighted by molar-refractivity contribution is 5.88.